The van der Waals surface area contributed by atoms with E-state index >= 15 is 0 Å². The van der Waals surface area contributed by atoms with E-state index in [9.17, 15) is 37.6 Å². The highest BCUT2D eigenvalue weighted by Crippen LogP contribution is 2.65. The zero-order valence-electron chi connectivity index (χ0n) is 25.4. The Bertz CT molecular complexity index is 1410. The van der Waals surface area contributed by atoms with E-state index < -0.39 is 64.9 Å². The summed E-state index contributed by atoms with van der Waals surface area (Å²) >= 11 is 0. The number of carbonyl (C=O) groups excluding carboxylic acids is 4. The minimum atomic E-state index is -4.76. The van der Waals surface area contributed by atoms with Crippen LogP contribution in [0.4, 0.5) is 18.0 Å². The van der Waals surface area contributed by atoms with E-state index in [1.165, 1.54) is 17.0 Å². The van der Waals surface area contributed by atoms with Crippen molar-refractivity contribution in [2.75, 3.05) is 6.54 Å². The van der Waals surface area contributed by atoms with Gasteiger partial charge >= 0.3 is 12.3 Å². The summed E-state index contributed by atoms with van der Waals surface area (Å²) in [5, 5.41) is 18.0. The summed E-state index contributed by atoms with van der Waals surface area (Å²) in [6.45, 7) is 9.28. The highest BCUT2D eigenvalue weighted by Gasteiger charge is 2.70. The number of alkyl halides is 3. The molecule has 4 amide bonds. The number of hydrogen-bond acceptors (Lipinski definition) is 6. The number of nitriles is 1. The van der Waals surface area contributed by atoms with Crippen molar-refractivity contribution in [3.8, 4) is 11.8 Å². The topological polar surface area (TPSA) is 141 Å². The molecule has 1 aromatic carbocycles. The zero-order valence-corrected chi connectivity index (χ0v) is 25.4. The van der Waals surface area contributed by atoms with Crippen LogP contribution >= 0.6 is 0 Å². The van der Waals surface area contributed by atoms with Gasteiger partial charge in [-0.25, -0.2) is 4.79 Å². The van der Waals surface area contributed by atoms with Crippen LogP contribution in [0.15, 0.2) is 24.3 Å². The van der Waals surface area contributed by atoms with Gasteiger partial charge in [0.1, 0.15) is 23.9 Å². The third-order valence-electron chi connectivity index (χ3n) is 9.77. The third-order valence-corrected chi connectivity index (χ3v) is 9.77. The van der Waals surface area contributed by atoms with E-state index in [2.05, 4.69) is 22.0 Å². The van der Waals surface area contributed by atoms with Crippen molar-refractivity contribution in [1.29, 1.82) is 5.26 Å². The van der Waals surface area contributed by atoms with Gasteiger partial charge in [-0.05, 0) is 60.5 Å². The molecule has 0 bridgehead atoms. The Kier molecular flexibility index (Phi) is 7.66. The predicted molar refractivity (Wildman–Crippen MR) is 150 cm³/mol. The fourth-order valence-electron chi connectivity index (χ4n) is 7.00. The zero-order chi connectivity index (χ0) is 32.4. The van der Waals surface area contributed by atoms with E-state index in [0.29, 0.717) is 6.42 Å². The van der Waals surface area contributed by atoms with Crippen LogP contribution in [0.5, 0.6) is 5.75 Å². The smallest absolute Gasteiger partial charge is 0.410 e. The largest absolute Gasteiger partial charge is 0.419 e. The molecule has 4 fully saturated rings. The number of amides is 4. The number of ether oxygens (including phenoxy) is 1. The summed E-state index contributed by atoms with van der Waals surface area (Å²) in [5.74, 6) is -2.51. The van der Waals surface area contributed by atoms with Crippen LogP contribution in [0.25, 0.3) is 0 Å². The van der Waals surface area contributed by atoms with Crippen LogP contribution in [-0.4, -0.2) is 58.9 Å². The van der Waals surface area contributed by atoms with Crippen molar-refractivity contribution >= 4 is 23.8 Å². The molecule has 0 unspecified atom stereocenters. The first-order chi connectivity index (χ1) is 20.4. The maximum atomic E-state index is 14.0. The van der Waals surface area contributed by atoms with Gasteiger partial charge in [-0.3, -0.25) is 14.4 Å². The number of para-hydroxylation sites is 1. The summed E-state index contributed by atoms with van der Waals surface area (Å²) in [5.41, 5.74) is -2.46. The fourth-order valence-corrected chi connectivity index (χ4v) is 7.00. The van der Waals surface area contributed by atoms with E-state index in [1.54, 1.807) is 20.8 Å². The molecule has 238 valence electrons. The molecular weight excluding hydrogens is 579 g/mol. The van der Waals surface area contributed by atoms with Crippen molar-refractivity contribution in [3.05, 3.63) is 29.8 Å². The molecule has 4 aliphatic rings. The van der Waals surface area contributed by atoms with Gasteiger partial charge in [-0.1, -0.05) is 46.8 Å². The van der Waals surface area contributed by atoms with Crippen molar-refractivity contribution in [3.63, 3.8) is 0 Å². The fraction of sp³-hybridized carbons (Fsp3) is 0.645. The first-order valence-electron chi connectivity index (χ1n) is 14.8. The minimum absolute atomic E-state index is 0.00398. The van der Waals surface area contributed by atoms with Crippen LogP contribution < -0.4 is 20.7 Å². The molecule has 44 heavy (non-hydrogen) atoms. The second-order valence-electron chi connectivity index (χ2n) is 14.3. The van der Waals surface area contributed by atoms with Crippen molar-refractivity contribution < 1.29 is 37.1 Å². The van der Waals surface area contributed by atoms with Gasteiger partial charge in [0.15, 0.2) is 0 Å². The average Bonchev–Trinajstić information content (AvgIpc) is 3.64. The number of fused-ring (bicyclic) bond motifs is 1. The molecule has 13 heteroatoms. The quantitative estimate of drug-likeness (QED) is 0.426. The second kappa shape index (κ2) is 10.7. The molecular formula is C31H38F3N5O5. The Morgan fingerprint density at radius 1 is 1.16 bits per heavy atom. The standard InChI is InChI=1S/C31H38F3N5O5/c1-28(2,3)23(37-27(43)44-20-9-7-6-8-18(20)31(32,33)34)26(42)39-15-19-21(29(19,4)5)22(39)25(41)36-17(14-35)12-16-13-30(10-11-30)38-24(16)40/h6-9,16-17,19,21-23H,10-13,15H2,1-5H3,(H,36,41)(H,37,43)(H,38,40)/t16-,17+,19+,21+,22+,23-/m1/s1. The van der Waals surface area contributed by atoms with E-state index in [0.717, 1.165) is 25.0 Å². The molecule has 1 spiro atoms. The minimum Gasteiger partial charge on any atom is -0.410 e. The van der Waals surface area contributed by atoms with Crippen LogP contribution in [0.3, 0.4) is 0 Å². The number of nitrogens with one attached hydrogen (secondary N) is 3. The van der Waals surface area contributed by atoms with Crippen LogP contribution in [0, 0.1) is 39.9 Å². The Hall–Kier alpha value is -3.82. The lowest BCUT2D eigenvalue weighted by atomic mass is 9.85. The Morgan fingerprint density at radius 3 is 2.39 bits per heavy atom. The predicted octanol–water partition coefficient (Wildman–Crippen LogP) is 3.76. The summed E-state index contributed by atoms with van der Waals surface area (Å²) in [6.07, 6.45) is -3.42. The lowest BCUT2D eigenvalue weighted by Crippen LogP contribution is -2.60. The lowest BCUT2D eigenvalue weighted by Gasteiger charge is -2.37. The molecule has 1 aromatic rings. The van der Waals surface area contributed by atoms with Gasteiger partial charge in [-0.2, -0.15) is 18.4 Å². The molecule has 10 nitrogen and oxygen atoms in total. The summed E-state index contributed by atoms with van der Waals surface area (Å²) in [4.78, 5) is 54.5. The SMILES string of the molecule is CC(C)(C)[C@H](NC(=O)Oc1ccccc1C(F)(F)F)C(=O)N1C[C@H]2[C@@H]([C@H]1C(=O)N[C@H](C#N)C[C@@H]1CC3(CC3)NC1=O)C2(C)C. The molecule has 2 saturated carbocycles. The molecule has 0 aromatic heterocycles. The van der Waals surface area contributed by atoms with Crippen molar-refractivity contribution in [2.45, 2.75) is 90.1 Å². The maximum absolute atomic E-state index is 14.0. The summed E-state index contributed by atoms with van der Waals surface area (Å²) in [7, 11) is 0. The number of carbonyl (C=O) groups is 4. The molecule has 5 rings (SSSR count). The van der Waals surface area contributed by atoms with Crippen molar-refractivity contribution in [2.24, 2.45) is 28.6 Å². The number of rotatable bonds is 7. The number of nitrogens with zero attached hydrogens (tertiary/aromatic N) is 2. The van der Waals surface area contributed by atoms with E-state index in [1.807, 2.05) is 13.8 Å². The van der Waals surface area contributed by atoms with Gasteiger partial charge in [0.2, 0.25) is 17.7 Å². The Morgan fingerprint density at radius 2 is 1.82 bits per heavy atom. The number of halogens is 3. The van der Waals surface area contributed by atoms with Gasteiger partial charge in [0.25, 0.3) is 0 Å². The maximum Gasteiger partial charge on any atom is 0.419 e. The van der Waals surface area contributed by atoms with Crippen molar-refractivity contribution in [1.82, 2.24) is 20.9 Å². The first-order valence-corrected chi connectivity index (χ1v) is 14.8. The van der Waals surface area contributed by atoms with E-state index in [4.69, 9.17) is 4.74 Å². The second-order valence-corrected chi connectivity index (χ2v) is 14.3. The molecule has 2 aliphatic carbocycles. The Balaban J connectivity index is 1.31. The molecule has 2 saturated heterocycles. The third kappa shape index (κ3) is 5.95. The molecule has 2 heterocycles. The highest BCUT2D eigenvalue weighted by molar-refractivity contribution is 5.94. The first kappa shape index (κ1) is 31.6. The molecule has 3 N–H and O–H groups in total. The van der Waals surface area contributed by atoms with Gasteiger partial charge < -0.3 is 25.6 Å². The van der Waals surface area contributed by atoms with Gasteiger partial charge in [-0.15, -0.1) is 0 Å². The number of hydrogen-bond donors (Lipinski definition) is 3. The average molecular weight is 618 g/mol. The van der Waals surface area contributed by atoms with Gasteiger partial charge in [0.05, 0.1) is 11.6 Å². The Labute approximate surface area is 254 Å². The lowest BCUT2D eigenvalue weighted by molar-refractivity contribution is -0.144. The van der Waals surface area contributed by atoms with Crippen LogP contribution in [0.2, 0.25) is 0 Å². The number of piperidine rings is 1. The summed E-state index contributed by atoms with van der Waals surface area (Å²) in [6, 6.07) is 3.24. The molecule has 6 atom stereocenters. The monoisotopic (exact) mass is 617 g/mol. The van der Waals surface area contributed by atoms with Gasteiger partial charge in [0, 0.05) is 18.0 Å². The highest BCUT2D eigenvalue weighted by atomic mass is 19.4. The summed E-state index contributed by atoms with van der Waals surface area (Å²) < 4.78 is 45.3. The number of likely N-dealkylation sites (tertiary alicyclic amines) is 1. The molecule has 0 radical (unpaired) electrons. The van der Waals surface area contributed by atoms with E-state index in [-0.39, 0.29) is 41.7 Å². The number of benzene rings is 1. The van der Waals surface area contributed by atoms with Crippen LogP contribution in [0.1, 0.15) is 65.9 Å². The van der Waals surface area contributed by atoms with Crippen LogP contribution in [-0.2, 0) is 20.6 Å². The normalized spacial score (nSPS) is 27.4. The molecule has 2 aliphatic heterocycles.